The molecule has 0 aliphatic heterocycles. The van der Waals surface area contributed by atoms with Crippen LogP contribution in [0.15, 0.2) is 29.3 Å². The van der Waals surface area contributed by atoms with Gasteiger partial charge in [-0.3, -0.25) is 0 Å². The van der Waals surface area contributed by atoms with Gasteiger partial charge in [-0.2, -0.15) is 0 Å². The molecule has 0 atom stereocenters. The highest BCUT2D eigenvalue weighted by molar-refractivity contribution is 5.88. The minimum absolute atomic E-state index is 0.486. The van der Waals surface area contributed by atoms with Crippen molar-refractivity contribution in [1.29, 1.82) is 0 Å². The largest absolute Gasteiger partial charge is 0.495 e. The molecule has 14 heavy (non-hydrogen) atoms. The molecule has 1 heterocycles. The van der Waals surface area contributed by atoms with E-state index in [2.05, 4.69) is 9.98 Å². The summed E-state index contributed by atoms with van der Waals surface area (Å²) in [5.41, 5.74) is 0.837. The van der Waals surface area contributed by atoms with E-state index >= 15 is 0 Å². The predicted molar refractivity (Wildman–Crippen MR) is 52.6 cm³/mol. The van der Waals surface area contributed by atoms with E-state index in [9.17, 15) is 4.79 Å². The number of nitrogens with zero attached hydrogens (tertiary/aromatic N) is 1. The summed E-state index contributed by atoms with van der Waals surface area (Å²) in [7, 11) is 1.60. The minimum Gasteiger partial charge on any atom is -0.495 e. The van der Waals surface area contributed by atoms with E-state index in [-0.39, 0.29) is 0 Å². The second kappa shape index (κ2) is 3.36. The van der Waals surface area contributed by atoms with Gasteiger partial charge in [-0.05, 0) is 12.1 Å². The van der Waals surface area contributed by atoms with Crippen LogP contribution < -0.4 is 4.74 Å². The van der Waals surface area contributed by atoms with Crippen molar-refractivity contribution in [2.45, 2.75) is 0 Å². The van der Waals surface area contributed by atoms with E-state index in [1.54, 1.807) is 13.2 Å². The Morgan fingerprint density at radius 1 is 1.50 bits per heavy atom. The van der Waals surface area contributed by atoms with Gasteiger partial charge in [0, 0.05) is 5.39 Å². The highest BCUT2D eigenvalue weighted by Crippen LogP contribution is 2.27. The van der Waals surface area contributed by atoms with Crippen molar-refractivity contribution in [2.24, 2.45) is 4.99 Å². The third kappa shape index (κ3) is 1.28. The van der Waals surface area contributed by atoms with Crippen molar-refractivity contribution in [3.63, 3.8) is 0 Å². The van der Waals surface area contributed by atoms with Gasteiger partial charge in [0.05, 0.1) is 12.6 Å². The molecule has 1 N–H and O–H groups in total. The molecule has 2 rings (SSSR count). The number of aliphatic imine (C=N–C) groups is 1. The molecule has 4 nitrogen and oxygen atoms in total. The van der Waals surface area contributed by atoms with E-state index < -0.39 is 0 Å². The molecule has 0 aliphatic carbocycles. The Balaban J connectivity index is 2.69. The number of carbonyl (C=O) groups excluding carboxylic acids is 1. The number of nitrogens with one attached hydrogen (secondary N) is 1. The lowest BCUT2D eigenvalue weighted by Crippen LogP contribution is -1.82. The number of benzene rings is 1. The summed E-state index contributed by atoms with van der Waals surface area (Å²) in [6, 6.07) is 7.40. The van der Waals surface area contributed by atoms with Crippen molar-refractivity contribution in [3.05, 3.63) is 24.3 Å². The Labute approximate surface area is 80.2 Å². The average Bonchev–Trinajstić information content (AvgIpc) is 2.60. The molecule has 0 spiro atoms. The average molecular weight is 188 g/mol. The number of methoxy groups -OCH3 is 1. The standard InChI is InChI=1S/C10H8N2O2/c1-14-8-4-2-3-7-5-9(11-6-13)12-10(7)8/h2-5,12H,1H3. The molecule has 1 aromatic heterocycles. The van der Waals surface area contributed by atoms with Gasteiger partial charge in [-0.1, -0.05) is 12.1 Å². The van der Waals surface area contributed by atoms with Crippen LogP contribution in [0.4, 0.5) is 5.82 Å². The summed E-state index contributed by atoms with van der Waals surface area (Å²) in [5.74, 6) is 1.22. The first-order valence-electron chi connectivity index (χ1n) is 4.09. The number of rotatable bonds is 2. The predicted octanol–water partition coefficient (Wildman–Crippen LogP) is 2.14. The molecule has 0 fully saturated rings. The molecular weight excluding hydrogens is 180 g/mol. The molecule has 0 radical (unpaired) electrons. The van der Waals surface area contributed by atoms with Gasteiger partial charge in [-0.15, -0.1) is 4.99 Å². The number of fused-ring (bicyclic) bond motifs is 1. The van der Waals surface area contributed by atoms with E-state index in [1.807, 2.05) is 18.2 Å². The molecule has 0 amide bonds. The summed E-state index contributed by atoms with van der Waals surface area (Å²) in [6.07, 6.45) is 1.49. The molecule has 2 aromatic rings. The number of H-pyrrole nitrogens is 1. The van der Waals surface area contributed by atoms with Gasteiger partial charge in [-0.25, -0.2) is 4.79 Å². The SMILES string of the molecule is COc1cccc2cc(N=C=O)[nH]c12. The Bertz CT molecular complexity index is 510. The second-order valence-corrected chi connectivity index (χ2v) is 2.78. The van der Waals surface area contributed by atoms with Crippen LogP contribution >= 0.6 is 0 Å². The maximum Gasteiger partial charge on any atom is 0.242 e. The lowest BCUT2D eigenvalue weighted by atomic mass is 10.2. The van der Waals surface area contributed by atoms with Crippen molar-refractivity contribution >= 4 is 22.8 Å². The molecule has 0 unspecified atom stereocenters. The molecular formula is C10H8N2O2. The van der Waals surface area contributed by atoms with Gasteiger partial charge in [0.1, 0.15) is 11.6 Å². The van der Waals surface area contributed by atoms with Crippen molar-refractivity contribution in [3.8, 4) is 5.75 Å². The lowest BCUT2D eigenvalue weighted by Gasteiger charge is -1.99. The molecule has 70 valence electrons. The zero-order valence-electron chi connectivity index (χ0n) is 7.57. The van der Waals surface area contributed by atoms with Crippen LogP contribution in [0, 0.1) is 0 Å². The summed E-state index contributed by atoms with van der Waals surface area (Å²) in [5, 5.41) is 0.957. The number of hydrogen-bond acceptors (Lipinski definition) is 3. The molecule has 1 aromatic carbocycles. The molecule has 0 aliphatic rings. The van der Waals surface area contributed by atoms with E-state index in [4.69, 9.17) is 4.74 Å². The van der Waals surface area contributed by atoms with Crippen LogP contribution in [0.25, 0.3) is 10.9 Å². The zero-order chi connectivity index (χ0) is 9.97. The highest BCUT2D eigenvalue weighted by Gasteiger charge is 2.04. The first-order chi connectivity index (χ1) is 6.85. The number of para-hydroxylation sites is 1. The van der Waals surface area contributed by atoms with Crippen molar-refractivity contribution < 1.29 is 9.53 Å². The lowest BCUT2D eigenvalue weighted by molar-refractivity contribution is 0.419. The maximum atomic E-state index is 10.1. The van der Waals surface area contributed by atoms with Crippen LogP contribution in [-0.2, 0) is 4.79 Å². The van der Waals surface area contributed by atoms with E-state index in [0.717, 1.165) is 16.7 Å². The van der Waals surface area contributed by atoms with Crippen LogP contribution in [0.1, 0.15) is 0 Å². The third-order valence-corrected chi connectivity index (χ3v) is 1.99. The van der Waals surface area contributed by atoms with Crippen LogP contribution in [0.3, 0.4) is 0 Å². The zero-order valence-corrected chi connectivity index (χ0v) is 7.57. The van der Waals surface area contributed by atoms with Crippen molar-refractivity contribution in [1.82, 2.24) is 4.98 Å². The van der Waals surface area contributed by atoms with Crippen LogP contribution in [-0.4, -0.2) is 18.2 Å². The molecule has 0 bridgehead atoms. The second-order valence-electron chi connectivity index (χ2n) is 2.78. The number of aromatic nitrogens is 1. The van der Waals surface area contributed by atoms with Crippen LogP contribution in [0.2, 0.25) is 0 Å². The number of aromatic amines is 1. The van der Waals surface area contributed by atoms with Gasteiger partial charge < -0.3 is 9.72 Å². The van der Waals surface area contributed by atoms with Crippen molar-refractivity contribution in [2.75, 3.05) is 7.11 Å². The number of ether oxygens (including phenoxy) is 1. The third-order valence-electron chi connectivity index (χ3n) is 1.99. The smallest absolute Gasteiger partial charge is 0.242 e. The summed E-state index contributed by atoms with van der Waals surface area (Å²) >= 11 is 0. The number of hydrogen-bond donors (Lipinski definition) is 1. The Morgan fingerprint density at radius 2 is 2.36 bits per heavy atom. The highest BCUT2D eigenvalue weighted by atomic mass is 16.5. The minimum atomic E-state index is 0.486. The maximum absolute atomic E-state index is 10.1. The van der Waals surface area contributed by atoms with E-state index in [1.165, 1.54) is 6.08 Å². The van der Waals surface area contributed by atoms with E-state index in [0.29, 0.717) is 5.82 Å². The monoisotopic (exact) mass is 188 g/mol. The fourth-order valence-electron chi connectivity index (χ4n) is 1.39. The first kappa shape index (κ1) is 8.53. The topological polar surface area (TPSA) is 54.4 Å². The summed E-state index contributed by atoms with van der Waals surface area (Å²) in [6.45, 7) is 0. The molecule has 0 saturated carbocycles. The Morgan fingerprint density at radius 3 is 3.07 bits per heavy atom. The van der Waals surface area contributed by atoms with Crippen LogP contribution in [0.5, 0.6) is 5.75 Å². The molecule has 0 saturated heterocycles. The summed E-state index contributed by atoms with van der Waals surface area (Å²) < 4.78 is 5.15. The number of isocyanates is 1. The normalized spacial score (nSPS) is 9.79. The van der Waals surface area contributed by atoms with Gasteiger partial charge in [0.2, 0.25) is 6.08 Å². The molecule has 4 heteroatoms. The van der Waals surface area contributed by atoms with Gasteiger partial charge in [0.15, 0.2) is 0 Å². The fraction of sp³-hybridized carbons (Fsp3) is 0.100. The van der Waals surface area contributed by atoms with Gasteiger partial charge >= 0.3 is 0 Å². The first-order valence-corrected chi connectivity index (χ1v) is 4.09. The Hall–Kier alpha value is -2.06. The quantitative estimate of drug-likeness (QED) is 0.579. The fourth-order valence-corrected chi connectivity index (χ4v) is 1.39. The summed E-state index contributed by atoms with van der Waals surface area (Å²) in [4.78, 5) is 16.5. The Kier molecular flexibility index (Phi) is 2.05. The van der Waals surface area contributed by atoms with Gasteiger partial charge in [0.25, 0.3) is 0 Å².